The van der Waals surface area contributed by atoms with Crippen LogP contribution in [0.1, 0.15) is 32.1 Å². The maximum absolute atomic E-state index is 9.51. The van der Waals surface area contributed by atoms with Crippen molar-refractivity contribution in [2.24, 2.45) is 5.41 Å². The van der Waals surface area contributed by atoms with Crippen LogP contribution in [0.5, 0.6) is 0 Å². The average Bonchev–Trinajstić information content (AvgIpc) is 2.35. The molecular weight excluding hydrogens is 218 g/mol. The third-order valence-electron chi connectivity index (χ3n) is 3.36. The Morgan fingerprint density at radius 1 is 1.31 bits per heavy atom. The lowest BCUT2D eigenvalue weighted by Crippen LogP contribution is -2.39. The highest BCUT2D eigenvalue weighted by Crippen LogP contribution is 2.35. The van der Waals surface area contributed by atoms with Crippen molar-refractivity contribution < 1.29 is 5.11 Å². The normalized spacial score (nSPS) is 19.2. The van der Waals surface area contributed by atoms with Gasteiger partial charge in [0.15, 0.2) is 0 Å². The summed E-state index contributed by atoms with van der Waals surface area (Å²) in [6, 6.07) is 0. The smallest absolute Gasteiger partial charge is 0.0545 e. The molecule has 1 fully saturated rings. The summed E-state index contributed by atoms with van der Waals surface area (Å²) in [5.74, 6) is 4.48. The third-order valence-corrected chi connectivity index (χ3v) is 4.22. The summed E-state index contributed by atoms with van der Waals surface area (Å²) in [6.07, 6.45) is 11.4. The summed E-state index contributed by atoms with van der Waals surface area (Å²) in [7, 11) is 0. The maximum atomic E-state index is 9.51. The monoisotopic (exact) mass is 241 g/mol. The highest BCUT2D eigenvalue weighted by Gasteiger charge is 2.30. The predicted molar refractivity (Wildman–Crippen MR) is 71.6 cm³/mol. The molecule has 0 heterocycles. The fourth-order valence-corrected chi connectivity index (χ4v) is 2.87. The molecule has 0 aromatic carbocycles. The van der Waals surface area contributed by atoms with E-state index in [2.05, 4.69) is 11.2 Å². The zero-order chi connectivity index (χ0) is 11.7. The highest BCUT2D eigenvalue weighted by molar-refractivity contribution is 7.99. The molecule has 0 aliphatic heterocycles. The van der Waals surface area contributed by atoms with Gasteiger partial charge in [0.25, 0.3) is 0 Å². The molecule has 2 nitrogen and oxygen atoms in total. The van der Waals surface area contributed by atoms with Crippen LogP contribution in [0.4, 0.5) is 0 Å². The predicted octanol–water partition coefficient (Wildman–Crippen LogP) is 1.89. The van der Waals surface area contributed by atoms with Crippen molar-refractivity contribution in [3.8, 4) is 12.3 Å². The minimum absolute atomic E-state index is 0.162. The lowest BCUT2D eigenvalue weighted by atomic mass is 9.74. The van der Waals surface area contributed by atoms with E-state index in [0.717, 1.165) is 24.6 Å². The molecule has 92 valence electrons. The number of rotatable bonds is 7. The zero-order valence-corrected chi connectivity index (χ0v) is 10.8. The molecule has 0 unspecified atom stereocenters. The number of aliphatic hydroxyl groups excluding tert-OH is 1. The van der Waals surface area contributed by atoms with Crippen LogP contribution in [0.25, 0.3) is 0 Å². The van der Waals surface area contributed by atoms with Crippen molar-refractivity contribution in [3.63, 3.8) is 0 Å². The maximum Gasteiger partial charge on any atom is 0.0545 e. The van der Waals surface area contributed by atoms with E-state index < -0.39 is 0 Å². The van der Waals surface area contributed by atoms with Crippen molar-refractivity contribution in [2.75, 3.05) is 31.2 Å². The van der Waals surface area contributed by atoms with Gasteiger partial charge < -0.3 is 10.4 Å². The van der Waals surface area contributed by atoms with E-state index in [1.165, 1.54) is 32.1 Å². The lowest BCUT2D eigenvalue weighted by Gasteiger charge is -2.35. The van der Waals surface area contributed by atoms with Gasteiger partial charge in [-0.25, -0.2) is 0 Å². The Bertz CT molecular complexity index is 218. The first-order valence-electron chi connectivity index (χ1n) is 6.16. The van der Waals surface area contributed by atoms with Gasteiger partial charge in [0.05, 0.1) is 5.75 Å². The van der Waals surface area contributed by atoms with Crippen LogP contribution in [0, 0.1) is 17.8 Å². The molecule has 1 aliphatic carbocycles. The van der Waals surface area contributed by atoms with Crippen LogP contribution in [-0.2, 0) is 0 Å². The van der Waals surface area contributed by atoms with E-state index in [1.807, 2.05) is 0 Å². The highest BCUT2D eigenvalue weighted by atomic mass is 32.2. The Kier molecular flexibility index (Phi) is 6.95. The van der Waals surface area contributed by atoms with Crippen LogP contribution in [0.2, 0.25) is 0 Å². The summed E-state index contributed by atoms with van der Waals surface area (Å²) in [5.41, 5.74) is 0.162. The topological polar surface area (TPSA) is 32.3 Å². The van der Waals surface area contributed by atoms with Gasteiger partial charge in [-0.3, -0.25) is 0 Å². The second-order valence-electron chi connectivity index (χ2n) is 4.65. The zero-order valence-electron chi connectivity index (χ0n) is 10.0. The van der Waals surface area contributed by atoms with Gasteiger partial charge in [0.1, 0.15) is 0 Å². The molecule has 0 radical (unpaired) electrons. The van der Waals surface area contributed by atoms with E-state index in [0.29, 0.717) is 6.61 Å². The van der Waals surface area contributed by atoms with Crippen LogP contribution < -0.4 is 5.32 Å². The Hall–Kier alpha value is -0.170. The second-order valence-corrected chi connectivity index (χ2v) is 5.76. The first kappa shape index (κ1) is 13.9. The van der Waals surface area contributed by atoms with Gasteiger partial charge in [-0.05, 0) is 12.8 Å². The van der Waals surface area contributed by atoms with Crippen molar-refractivity contribution in [3.05, 3.63) is 0 Å². The third kappa shape index (κ3) is 4.78. The molecule has 1 rings (SSSR count). The Morgan fingerprint density at radius 2 is 2.06 bits per heavy atom. The molecule has 0 aromatic rings. The van der Waals surface area contributed by atoms with Crippen molar-refractivity contribution in [1.82, 2.24) is 5.32 Å². The first-order chi connectivity index (χ1) is 7.83. The quantitative estimate of drug-likeness (QED) is 0.527. The number of hydrogen-bond acceptors (Lipinski definition) is 3. The molecule has 0 aromatic heterocycles. The Labute approximate surface area is 104 Å². The first-order valence-corrected chi connectivity index (χ1v) is 7.31. The minimum atomic E-state index is 0.162. The summed E-state index contributed by atoms with van der Waals surface area (Å²) < 4.78 is 0. The molecule has 1 saturated carbocycles. The van der Waals surface area contributed by atoms with E-state index in [9.17, 15) is 5.11 Å². The minimum Gasteiger partial charge on any atom is -0.396 e. The fourth-order valence-electron chi connectivity index (χ4n) is 2.32. The van der Waals surface area contributed by atoms with Crippen LogP contribution >= 0.6 is 11.8 Å². The second kappa shape index (κ2) is 8.00. The molecule has 0 bridgehead atoms. The summed E-state index contributed by atoms with van der Waals surface area (Å²) in [6.45, 7) is 2.28. The molecule has 0 spiro atoms. The molecule has 0 saturated heterocycles. The molecule has 0 atom stereocenters. The number of aliphatic hydroxyl groups is 1. The summed E-state index contributed by atoms with van der Waals surface area (Å²) >= 11 is 1.79. The Balaban J connectivity index is 2.11. The molecule has 2 N–H and O–H groups in total. The van der Waals surface area contributed by atoms with Crippen LogP contribution in [-0.4, -0.2) is 36.3 Å². The number of terminal acetylenes is 1. The van der Waals surface area contributed by atoms with Gasteiger partial charge in [-0.15, -0.1) is 18.2 Å². The molecule has 16 heavy (non-hydrogen) atoms. The van der Waals surface area contributed by atoms with Crippen LogP contribution in [0.3, 0.4) is 0 Å². The average molecular weight is 241 g/mol. The van der Waals surface area contributed by atoms with Gasteiger partial charge in [0.2, 0.25) is 0 Å². The summed E-state index contributed by atoms with van der Waals surface area (Å²) in [5, 5.41) is 13.0. The van der Waals surface area contributed by atoms with E-state index >= 15 is 0 Å². The van der Waals surface area contributed by atoms with Gasteiger partial charge in [-0.2, -0.15) is 0 Å². The number of thioether (sulfide) groups is 1. The molecule has 0 amide bonds. The number of nitrogens with one attached hydrogen (secondary N) is 1. The van der Waals surface area contributed by atoms with E-state index in [4.69, 9.17) is 6.42 Å². The van der Waals surface area contributed by atoms with Gasteiger partial charge in [-0.1, -0.05) is 25.2 Å². The molecule has 3 heteroatoms. The van der Waals surface area contributed by atoms with Crippen molar-refractivity contribution >= 4 is 11.8 Å². The van der Waals surface area contributed by atoms with Crippen molar-refractivity contribution in [1.29, 1.82) is 0 Å². The van der Waals surface area contributed by atoms with Crippen molar-refractivity contribution in [2.45, 2.75) is 32.1 Å². The van der Waals surface area contributed by atoms with Gasteiger partial charge >= 0.3 is 0 Å². The number of hydrogen-bond donors (Lipinski definition) is 2. The standard InChI is InChI=1S/C13H23NOS/c1-2-9-16-10-8-14-11-13(12-15)6-4-3-5-7-13/h1,14-15H,3-12H2. The SMILES string of the molecule is C#CCSCCNCC1(CO)CCCCC1. The fraction of sp³-hybridized carbons (Fsp3) is 0.846. The largest absolute Gasteiger partial charge is 0.396 e. The van der Waals surface area contributed by atoms with E-state index in [-0.39, 0.29) is 5.41 Å². The van der Waals surface area contributed by atoms with E-state index in [1.54, 1.807) is 11.8 Å². The lowest BCUT2D eigenvalue weighted by molar-refractivity contribution is 0.0820. The summed E-state index contributed by atoms with van der Waals surface area (Å²) in [4.78, 5) is 0. The molecular formula is C13H23NOS. The van der Waals surface area contributed by atoms with Gasteiger partial charge in [0, 0.05) is 30.9 Å². The Morgan fingerprint density at radius 3 is 2.69 bits per heavy atom. The van der Waals surface area contributed by atoms with Crippen LogP contribution in [0.15, 0.2) is 0 Å². The molecule has 1 aliphatic rings.